The van der Waals surface area contributed by atoms with Gasteiger partial charge < -0.3 is 10.1 Å². The molecule has 12 heteroatoms. The number of fused-ring (bicyclic) bond motifs is 1. The number of benzene rings is 2. The van der Waals surface area contributed by atoms with E-state index in [1.54, 1.807) is 24.3 Å². The van der Waals surface area contributed by atoms with Crippen LogP contribution >= 0.6 is 11.6 Å². The van der Waals surface area contributed by atoms with E-state index in [1.165, 1.54) is 28.8 Å². The van der Waals surface area contributed by atoms with E-state index in [0.29, 0.717) is 17.0 Å². The zero-order valence-corrected chi connectivity index (χ0v) is 17.0. The number of ether oxygens (including phenoxy) is 1. The molecule has 0 atom stereocenters. The second-order valence-electron chi connectivity index (χ2n) is 6.50. The molecule has 0 bridgehead atoms. The van der Waals surface area contributed by atoms with Crippen molar-refractivity contribution >= 4 is 28.8 Å². The normalized spacial score (nSPS) is 10.8. The summed E-state index contributed by atoms with van der Waals surface area (Å²) in [5.41, 5.74) is 0.703. The molecule has 32 heavy (non-hydrogen) atoms. The third-order valence-corrected chi connectivity index (χ3v) is 4.69. The Balaban J connectivity index is 1.41. The first-order chi connectivity index (χ1) is 15.4. The standard InChI is InChI=1S/C20H14ClFN6O4/c21-16-5-4-14(28(30)31)11-15(16)20(29)23-8-9-32-18-7-6-17-24-25-19(27(17)26-18)12-2-1-3-13(22)10-12/h1-7,10-11H,8-9H2,(H,23,29). The van der Waals surface area contributed by atoms with Gasteiger partial charge in [-0.15, -0.1) is 15.3 Å². The lowest BCUT2D eigenvalue weighted by Gasteiger charge is -2.08. The van der Waals surface area contributed by atoms with E-state index < -0.39 is 16.6 Å². The van der Waals surface area contributed by atoms with Gasteiger partial charge in [0.1, 0.15) is 12.4 Å². The highest BCUT2D eigenvalue weighted by Crippen LogP contribution is 2.22. The number of amides is 1. The Morgan fingerprint density at radius 3 is 2.81 bits per heavy atom. The summed E-state index contributed by atoms with van der Waals surface area (Å²) in [7, 11) is 0. The lowest BCUT2D eigenvalue weighted by atomic mass is 10.2. The number of nitrogens with one attached hydrogen (secondary N) is 1. The molecule has 1 amide bonds. The Morgan fingerprint density at radius 2 is 2.03 bits per heavy atom. The van der Waals surface area contributed by atoms with Crippen molar-refractivity contribution in [2.75, 3.05) is 13.2 Å². The number of carbonyl (C=O) groups is 1. The first-order valence-corrected chi connectivity index (χ1v) is 9.63. The molecule has 0 aliphatic carbocycles. The van der Waals surface area contributed by atoms with Crippen LogP contribution in [0.5, 0.6) is 5.88 Å². The van der Waals surface area contributed by atoms with Crippen LogP contribution in [0.4, 0.5) is 10.1 Å². The van der Waals surface area contributed by atoms with Gasteiger partial charge in [-0.2, -0.15) is 4.52 Å². The topological polar surface area (TPSA) is 125 Å². The number of hydrogen-bond acceptors (Lipinski definition) is 7. The van der Waals surface area contributed by atoms with Crippen molar-refractivity contribution in [3.8, 4) is 17.3 Å². The molecule has 162 valence electrons. The van der Waals surface area contributed by atoms with Crippen LogP contribution in [-0.4, -0.2) is 43.8 Å². The molecule has 10 nitrogen and oxygen atoms in total. The number of halogens is 2. The molecule has 0 aliphatic heterocycles. The Hall–Kier alpha value is -4.12. The lowest BCUT2D eigenvalue weighted by Crippen LogP contribution is -2.28. The van der Waals surface area contributed by atoms with Gasteiger partial charge in [-0.1, -0.05) is 23.7 Å². The van der Waals surface area contributed by atoms with Crippen molar-refractivity contribution in [2.45, 2.75) is 0 Å². The molecule has 0 radical (unpaired) electrons. The summed E-state index contributed by atoms with van der Waals surface area (Å²) in [5, 5.41) is 25.9. The molecule has 0 saturated heterocycles. The van der Waals surface area contributed by atoms with Crippen molar-refractivity contribution in [2.24, 2.45) is 0 Å². The van der Waals surface area contributed by atoms with Crippen molar-refractivity contribution in [1.82, 2.24) is 25.1 Å². The molecule has 1 N–H and O–H groups in total. The van der Waals surface area contributed by atoms with Gasteiger partial charge in [-0.3, -0.25) is 14.9 Å². The molecule has 2 heterocycles. The quantitative estimate of drug-likeness (QED) is 0.257. The number of nitro benzene ring substituents is 1. The fraction of sp³-hybridized carbons (Fsp3) is 0.100. The number of aromatic nitrogens is 4. The van der Waals surface area contributed by atoms with E-state index in [9.17, 15) is 19.3 Å². The van der Waals surface area contributed by atoms with E-state index in [2.05, 4.69) is 20.6 Å². The molecular weight excluding hydrogens is 443 g/mol. The Bertz CT molecular complexity index is 1330. The Morgan fingerprint density at radius 1 is 1.19 bits per heavy atom. The molecule has 0 unspecified atom stereocenters. The van der Waals surface area contributed by atoms with Crippen molar-refractivity contribution in [3.05, 3.63) is 81.1 Å². The zero-order valence-electron chi connectivity index (χ0n) is 16.2. The fourth-order valence-electron chi connectivity index (χ4n) is 2.87. The summed E-state index contributed by atoms with van der Waals surface area (Å²) < 4.78 is 20.5. The van der Waals surface area contributed by atoms with Crippen LogP contribution in [0.2, 0.25) is 5.02 Å². The fourth-order valence-corrected chi connectivity index (χ4v) is 3.08. The average molecular weight is 457 g/mol. The van der Waals surface area contributed by atoms with Gasteiger partial charge >= 0.3 is 0 Å². The van der Waals surface area contributed by atoms with Crippen molar-refractivity contribution in [1.29, 1.82) is 0 Å². The second kappa shape index (κ2) is 8.94. The highest BCUT2D eigenvalue weighted by molar-refractivity contribution is 6.33. The van der Waals surface area contributed by atoms with Gasteiger partial charge in [0.05, 0.1) is 22.1 Å². The molecule has 4 rings (SSSR count). The monoisotopic (exact) mass is 456 g/mol. The number of hydrogen-bond donors (Lipinski definition) is 1. The minimum Gasteiger partial charge on any atom is -0.475 e. The predicted octanol–water partition coefficient (Wildman–Crippen LogP) is 3.30. The summed E-state index contributed by atoms with van der Waals surface area (Å²) in [6, 6.07) is 12.7. The minimum atomic E-state index is -0.610. The van der Waals surface area contributed by atoms with Gasteiger partial charge in [0.25, 0.3) is 11.6 Å². The third-order valence-electron chi connectivity index (χ3n) is 4.36. The van der Waals surface area contributed by atoms with Gasteiger partial charge in [0.2, 0.25) is 5.88 Å². The second-order valence-corrected chi connectivity index (χ2v) is 6.91. The molecule has 2 aromatic heterocycles. The number of nitro groups is 1. The van der Waals surface area contributed by atoms with Crippen LogP contribution in [-0.2, 0) is 0 Å². The molecule has 0 saturated carbocycles. The van der Waals surface area contributed by atoms with E-state index in [4.69, 9.17) is 16.3 Å². The smallest absolute Gasteiger partial charge is 0.270 e. The maximum Gasteiger partial charge on any atom is 0.270 e. The highest BCUT2D eigenvalue weighted by atomic mass is 35.5. The SMILES string of the molecule is O=C(NCCOc1ccc2nnc(-c3cccc(F)c3)n2n1)c1cc([N+](=O)[O-])ccc1Cl. The number of rotatable bonds is 7. The third kappa shape index (κ3) is 4.47. The number of nitrogens with zero attached hydrogens (tertiary/aromatic N) is 5. The molecule has 4 aromatic rings. The summed E-state index contributed by atoms with van der Waals surface area (Å²) in [4.78, 5) is 22.6. The zero-order chi connectivity index (χ0) is 22.7. The number of non-ortho nitro benzene ring substituents is 1. The van der Waals surface area contributed by atoms with Crippen LogP contribution in [0.1, 0.15) is 10.4 Å². The van der Waals surface area contributed by atoms with Gasteiger partial charge in [-0.25, -0.2) is 4.39 Å². The molecular formula is C20H14ClFN6O4. The van der Waals surface area contributed by atoms with Crippen LogP contribution in [0.25, 0.3) is 17.0 Å². The summed E-state index contributed by atoms with van der Waals surface area (Å²) in [6.45, 7) is 0.157. The minimum absolute atomic E-state index is 0.00960. The lowest BCUT2D eigenvalue weighted by molar-refractivity contribution is -0.384. The molecule has 0 spiro atoms. The maximum atomic E-state index is 13.5. The average Bonchev–Trinajstić information content (AvgIpc) is 3.20. The van der Waals surface area contributed by atoms with Crippen LogP contribution < -0.4 is 10.1 Å². The van der Waals surface area contributed by atoms with Crippen LogP contribution in [0, 0.1) is 15.9 Å². The number of carbonyl (C=O) groups excluding carboxylic acids is 1. The van der Waals surface area contributed by atoms with Gasteiger partial charge in [0, 0.05) is 23.8 Å². The Labute approximate surface area is 184 Å². The summed E-state index contributed by atoms with van der Waals surface area (Å²) in [6.07, 6.45) is 0. The van der Waals surface area contributed by atoms with Crippen molar-refractivity contribution in [3.63, 3.8) is 0 Å². The molecule has 0 aliphatic rings. The first kappa shape index (κ1) is 21.1. The van der Waals surface area contributed by atoms with Crippen LogP contribution in [0.3, 0.4) is 0 Å². The summed E-state index contributed by atoms with van der Waals surface area (Å²) in [5.74, 6) is -0.402. The van der Waals surface area contributed by atoms with E-state index in [1.807, 2.05) is 0 Å². The van der Waals surface area contributed by atoms with Crippen molar-refractivity contribution < 1.29 is 18.8 Å². The van der Waals surface area contributed by atoms with Gasteiger partial charge in [0.15, 0.2) is 11.5 Å². The largest absolute Gasteiger partial charge is 0.475 e. The van der Waals surface area contributed by atoms with E-state index in [-0.39, 0.29) is 35.3 Å². The van der Waals surface area contributed by atoms with E-state index in [0.717, 1.165) is 6.07 Å². The predicted molar refractivity (Wildman–Crippen MR) is 112 cm³/mol. The Kier molecular flexibility index (Phi) is 5.90. The van der Waals surface area contributed by atoms with Gasteiger partial charge in [-0.05, 0) is 24.3 Å². The van der Waals surface area contributed by atoms with Crippen LogP contribution in [0.15, 0.2) is 54.6 Å². The maximum absolute atomic E-state index is 13.5. The molecule has 2 aromatic carbocycles. The first-order valence-electron chi connectivity index (χ1n) is 9.26. The molecule has 0 fully saturated rings. The van der Waals surface area contributed by atoms with E-state index >= 15 is 0 Å². The summed E-state index contributed by atoms with van der Waals surface area (Å²) >= 11 is 5.96. The highest BCUT2D eigenvalue weighted by Gasteiger charge is 2.16.